The third-order valence-electron chi connectivity index (χ3n) is 5.84. The summed E-state index contributed by atoms with van der Waals surface area (Å²) in [5.74, 6) is -0.464. The van der Waals surface area contributed by atoms with Crippen molar-refractivity contribution in [2.75, 3.05) is 19.8 Å². The van der Waals surface area contributed by atoms with Crippen LogP contribution in [-0.2, 0) is 23.8 Å². The molecule has 0 saturated heterocycles. The molecule has 1 atom stereocenters. The topological polar surface area (TPSA) is 61.8 Å². The van der Waals surface area contributed by atoms with Crippen molar-refractivity contribution >= 4 is 12.4 Å². The van der Waals surface area contributed by atoms with Gasteiger partial charge in [0.15, 0.2) is 6.10 Å². The van der Waals surface area contributed by atoms with E-state index < -0.39 is 12.1 Å². The zero-order chi connectivity index (χ0) is 23.5. The molecule has 0 aliphatic heterocycles. The molecule has 0 heterocycles. The predicted molar refractivity (Wildman–Crippen MR) is 131 cm³/mol. The van der Waals surface area contributed by atoms with Crippen LogP contribution in [0.5, 0.6) is 0 Å². The summed E-state index contributed by atoms with van der Waals surface area (Å²) in [6.45, 7) is 7.52. The van der Waals surface area contributed by atoms with E-state index in [1.165, 1.54) is 89.9 Å². The van der Waals surface area contributed by atoms with E-state index in [1.54, 1.807) is 0 Å². The molecular weight excluding hydrogens is 404 g/mol. The number of unbranched alkanes of at least 4 members (excludes halogenated alkanes) is 15. The molecule has 0 rings (SSSR count). The molecule has 0 aliphatic carbocycles. The Morgan fingerprint density at radius 2 is 1.09 bits per heavy atom. The van der Waals surface area contributed by atoms with Crippen LogP contribution in [0.25, 0.3) is 0 Å². The molecule has 5 nitrogen and oxygen atoms in total. The fraction of sp³-hybridized carbons (Fsp3) is 0.926. The normalized spacial score (nSPS) is 11.9. The summed E-state index contributed by atoms with van der Waals surface area (Å²) in [4.78, 5) is 22.7. The smallest absolute Gasteiger partial charge is 0.418 e. The molecule has 1 radical (unpaired) electrons. The molecule has 0 aromatic rings. The van der Waals surface area contributed by atoms with Crippen LogP contribution in [0.2, 0.25) is 0 Å². The average molecular weight is 456 g/mol. The molecule has 0 N–H and O–H groups in total. The van der Waals surface area contributed by atoms with Crippen molar-refractivity contribution in [3.8, 4) is 0 Å². The van der Waals surface area contributed by atoms with Gasteiger partial charge in [-0.15, -0.1) is 0 Å². The molecule has 1 unspecified atom stereocenters. The molecule has 0 bridgehead atoms. The lowest BCUT2D eigenvalue weighted by molar-refractivity contribution is -0.153. The Morgan fingerprint density at radius 3 is 1.62 bits per heavy atom. The minimum atomic E-state index is -0.823. The van der Waals surface area contributed by atoms with Gasteiger partial charge in [0.2, 0.25) is 0 Å². The molecule has 0 aliphatic rings. The van der Waals surface area contributed by atoms with Crippen LogP contribution in [0.4, 0.5) is 0 Å². The first-order valence-corrected chi connectivity index (χ1v) is 13.5. The summed E-state index contributed by atoms with van der Waals surface area (Å²) in [6.07, 6.45) is 21.6. The van der Waals surface area contributed by atoms with E-state index >= 15 is 0 Å². The SMILES string of the molecule is CCCCCCCCCCCCOCCCOC(=O)C(CCCCCCCCC)O[C]=O. The van der Waals surface area contributed by atoms with Crippen molar-refractivity contribution in [3.63, 3.8) is 0 Å². The maximum absolute atomic E-state index is 12.1. The van der Waals surface area contributed by atoms with Crippen molar-refractivity contribution in [2.24, 2.45) is 0 Å². The zero-order valence-electron chi connectivity index (χ0n) is 21.2. The molecule has 0 aromatic carbocycles. The number of ether oxygens (including phenoxy) is 3. The Bertz CT molecular complexity index is 400. The van der Waals surface area contributed by atoms with Crippen LogP contribution in [-0.4, -0.2) is 38.4 Å². The third kappa shape index (κ3) is 22.1. The average Bonchev–Trinajstić information content (AvgIpc) is 2.80. The fourth-order valence-corrected chi connectivity index (χ4v) is 3.79. The van der Waals surface area contributed by atoms with Gasteiger partial charge < -0.3 is 14.2 Å². The van der Waals surface area contributed by atoms with E-state index in [0.717, 1.165) is 32.3 Å². The highest BCUT2D eigenvalue weighted by Crippen LogP contribution is 2.13. The van der Waals surface area contributed by atoms with Crippen LogP contribution in [0, 0.1) is 0 Å². The molecule has 0 fully saturated rings. The van der Waals surface area contributed by atoms with Gasteiger partial charge in [0.05, 0.1) is 6.61 Å². The van der Waals surface area contributed by atoms with Crippen LogP contribution in [0.3, 0.4) is 0 Å². The summed E-state index contributed by atoms with van der Waals surface area (Å²) in [5.41, 5.74) is 0. The van der Waals surface area contributed by atoms with Crippen LogP contribution >= 0.6 is 0 Å². The molecule has 32 heavy (non-hydrogen) atoms. The number of hydrogen-bond donors (Lipinski definition) is 0. The second kappa shape index (κ2) is 26.2. The molecular formula is C27H51O5. The van der Waals surface area contributed by atoms with E-state index in [2.05, 4.69) is 13.8 Å². The van der Waals surface area contributed by atoms with E-state index in [9.17, 15) is 9.59 Å². The Labute approximate surface area is 198 Å². The van der Waals surface area contributed by atoms with Crippen LogP contribution in [0.15, 0.2) is 0 Å². The van der Waals surface area contributed by atoms with Gasteiger partial charge in [0, 0.05) is 19.6 Å². The lowest BCUT2D eigenvalue weighted by Gasteiger charge is -2.14. The Hall–Kier alpha value is -1.10. The van der Waals surface area contributed by atoms with Gasteiger partial charge >= 0.3 is 12.4 Å². The minimum absolute atomic E-state index is 0.298. The largest absolute Gasteiger partial charge is 0.463 e. The molecule has 189 valence electrons. The van der Waals surface area contributed by atoms with Crippen LogP contribution < -0.4 is 0 Å². The van der Waals surface area contributed by atoms with E-state index in [-0.39, 0.29) is 0 Å². The number of esters is 1. The Balaban J connectivity index is 3.51. The fourth-order valence-electron chi connectivity index (χ4n) is 3.79. The first-order valence-electron chi connectivity index (χ1n) is 13.5. The van der Waals surface area contributed by atoms with E-state index in [0.29, 0.717) is 26.1 Å². The van der Waals surface area contributed by atoms with Gasteiger partial charge in [0.1, 0.15) is 0 Å². The maximum Gasteiger partial charge on any atom is 0.418 e. The lowest BCUT2D eigenvalue weighted by atomic mass is 10.1. The Kier molecular flexibility index (Phi) is 25.3. The van der Waals surface area contributed by atoms with Gasteiger partial charge in [-0.1, -0.05) is 110 Å². The molecule has 0 aromatic heterocycles. The summed E-state index contributed by atoms with van der Waals surface area (Å²) >= 11 is 0. The zero-order valence-corrected chi connectivity index (χ0v) is 21.2. The Morgan fingerprint density at radius 1 is 0.625 bits per heavy atom. The molecule has 5 heteroatoms. The van der Waals surface area contributed by atoms with Gasteiger partial charge in [-0.3, -0.25) is 0 Å². The minimum Gasteiger partial charge on any atom is -0.463 e. The predicted octanol–water partition coefficient (Wildman–Crippen LogP) is 7.45. The highest BCUT2D eigenvalue weighted by molar-refractivity contribution is 5.75. The van der Waals surface area contributed by atoms with Gasteiger partial charge in [-0.05, 0) is 19.3 Å². The van der Waals surface area contributed by atoms with E-state index in [1.807, 2.05) is 0 Å². The standard InChI is InChI=1S/C27H51O5/c1-3-5-7-9-11-12-13-15-17-19-22-30-23-20-24-31-27(29)26(32-25-28)21-18-16-14-10-8-6-4-2/h26H,3-24H2,1-2H3. The second-order valence-electron chi connectivity index (χ2n) is 8.92. The quantitative estimate of drug-likeness (QED) is 0.100. The maximum atomic E-state index is 12.1. The van der Waals surface area contributed by atoms with Gasteiger partial charge in [-0.25, -0.2) is 9.59 Å². The van der Waals surface area contributed by atoms with Crippen LogP contribution in [0.1, 0.15) is 136 Å². The molecule has 0 saturated carbocycles. The number of carbonyl (C=O) groups is 1. The summed E-state index contributed by atoms with van der Waals surface area (Å²) < 4.78 is 15.7. The molecule has 0 spiro atoms. The van der Waals surface area contributed by atoms with Crippen molar-refractivity contribution < 1.29 is 23.8 Å². The number of hydrogen-bond acceptors (Lipinski definition) is 5. The molecule has 0 amide bonds. The number of rotatable bonds is 26. The summed E-state index contributed by atoms with van der Waals surface area (Å²) in [7, 11) is 0. The van der Waals surface area contributed by atoms with Crippen molar-refractivity contribution in [3.05, 3.63) is 0 Å². The highest BCUT2D eigenvalue weighted by Gasteiger charge is 2.21. The first-order chi connectivity index (χ1) is 15.8. The first kappa shape index (κ1) is 30.9. The van der Waals surface area contributed by atoms with Gasteiger partial charge in [-0.2, -0.15) is 0 Å². The second-order valence-corrected chi connectivity index (χ2v) is 8.92. The monoisotopic (exact) mass is 455 g/mol. The van der Waals surface area contributed by atoms with Crippen molar-refractivity contribution in [2.45, 2.75) is 142 Å². The third-order valence-corrected chi connectivity index (χ3v) is 5.84. The van der Waals surface area contributed by atoms with Crippen molar-refractivity contribution in [1.29, 1.82) is 0 Å². The lowest BCUT2D eigenvalue weighted by Crippen LogP contribution is -2.27. The van der Waals surface area contributed by atoms with E-state index in [4.69, 9.17) is 14.2 Å². The van der Waals surface area contributed by atoms with Gasteiger partial charge in [0.25, 0.3) is 0 Å². The highest BCUT2D eigenvalue weighted by atomic mass is 16.6. The summed E-state index contributed by atoms with van der Waals surface area (Å²) in [6, 6.07) is 0. The summed E-state index contributed by atoms with van der Waals surface area (Å²) in [5, 5.41) is 0. The van der Waals surface area contributed by atoms with Crippen molar-refractivity contribution in [1.82, 2.24) is 0 Å². The number of carbonyl (C=O) groups excluding carboxylic acids is 2.